The summed E-state index contributed by atoms with van der Waals surface area (Å²) in [6.45, 7) is 2.56. The average Bonchev–Trinajstić information content (AvgIpc) is 3.13. The van der Waals surface area contributed by atoms with Crippen molar-refractivity contribution in [2.75, 3.05) is 6.61 Å². The highest BCUT2D eigenvalue weighted by Crippen LogP contribution is 2.41. The first kappa shape index (κ1) is 23.6. The van der Waals surface area contributed by atoms with Gasteiger partial charge in [0.05, 0.1) is 23.1 Å². The van der Waals surface area contributed by atoms with Gasteiger partial charge >= 0.3 is 0 Å². The Kier molecular flexibility index (Phi) is 6.86. The van der Waals surface area contributed by atoms with E-state index in [1.54, 1.807) is 54.9 Å². The predicted molar refractivity (Wildman–Crippen MR) is 127 cm³/mol. The van der Waals surface area contributed by atoms with E-state index >= 15 is 0 Å². The number of aliphatic hydroxyl groups is 1. The maximum Gasteiger partial charge on any atom is 0.295 e. The number of likely N-dealkylation sites (tertiary alicyclic amines) is 1. The molecule has 0 radical (unpaired) electrons. The number of nitro benzene ring substituents is 1. The summed E-state index contributed by atoms with van der Waals surface area (Å²) in [4.78, 5) is 42.4. The number of ether oxygens (including phenoxy) is 1. The van der Waals surface area contributed by atoms with Crippen LogP contribution in [0.1, 0.15) is 36.1 Å². The first-order valence-electron chi connectivity index (χ1n) is 11.1. The minimum atomic E-state index is -1.02. The Morgan fingerprint density at radius 1 is 1.14 bits per heavy atom. The Balaban J connectivity index is 1.82. The largest absolute Gasteiger partial charge is 0.507 e. The van der Waals surface area contributed by atoms with Gasteiger partial charge in [-0.15, -0.1) is 0 Å². The molecule has 3 aromatic rings. The first-order chi connectivity index (χ1) is 16.9. The maximum absolute atomic E-state index is 13.1. The van der Waals surface area contributed by atoms with E-state index in [0.29, 0.717) is 29.0 Å². The number of carbonyl (C=O) groups excluding carboxylic acids is 2. The second-order valence-corrected chi connectivity index (χ2v) is 8.01. The zero-order valence-corrected chi connectivity index (χ0v) is 19.0. The van der Waals surface area contributed by atoms with Crippen molar-refractivity contribution in [2.24, 2.45) is 0 Å². The molecule has 2 aromatic carbocycles. The molecule has 0 unspecified atom stereocenters. The molecule has 0 aliphatic carbocycles. The number of nitro groups is 1. The van der Waals surface area contributed by atoms with Gasteiger partial charge in [0.15, 0.2) is 0 Å². The quantitative estimate of drug-likeness (QED) is 0.169. The van der Waals surface area contributed by atoms with Crippen LogP contribution in [0.3, 0.4) is 0 Å². The fraction of sp³-hybridized carbons (Fsp3) is 0.192. The van der Waals surface area contributed by atoms with Gasteiger partial charge in [0.25, 0.3) is 17.4 Å². The molecule has 1 fully saturated rings. The summed E-state index contributed by atoms with van der Waals surface area (Å²) in [6.07, 6.45) is 3.99. The molecule has 4 rings (SSSR count). The molecule has 1 aliphatic heterocycles. The number of Topliss-reactive ketones (excluding diaryl/α,β-unsaturated/α-hetero) is 1. The molecule has 9 nitrogen and oxygen atoms in total. The van der Waals surface area contributed by atoms with Crippen LogP contribution in [-0.2, 0) is 16.1 Å². The van der Waals surface area contributed by atoms with E-state index in [1.165, 1.54) is 23.1 Å². The molecule has 1 atom stereocenters. The minimum absolute atomic E-state index is 0.0341. The molecule has 9 heteroatoms. The van der Waals surface area contributed by atoms with E-state index in [0.717, 1.165) is 6.42 Å². The van der Waals surface area contributed by atoms with E-state index in [1.807, 2.05) is 6.92 Å². The van der Waals surface area contributed by atoms with Gasteiger partial charge in [0.2, 0.25) is 0 Å². The molecule has 2 heterocycles. The standard InChI is InChI=1S/C26H23N3O6/c1-2-13-35-21-10-8-18(9-11-21)24(30)22-23(19-6-3-7-20(14-19)29(33)34)28(26(32)25(22)31)16-17-5-4-12-27-15-17/h3-12,14-15,23,30H,2,13,16H2,1H3/t23-/m0/s1. The number of hydrogen-bond donors (Lipinski definition) is 1. The number of amides is 1. The van der Waals surface area contributed by atoms with Crippen LogP contribution in [0.15, 0.2) is 78.6 Å². The van der Waals surface area contributed by atoms with Crippen LogP contribution in [0.2, 0.25) is 0 Å². The lowest BCUT2D eigenvalue weighted by Gasteiger charge is -2.25. The molecule has 0 spiro atoms. The fourth-order valence-electron chi connectivity index (χ4n) is 3.97. The second kappa shape index (κ2) is 10.2. The van der Waals surface area contributed by atoms with E-state index in [9.17, 15) is 24.8 Å². The summed E-state index contributed by atoms with van der Waals surface area (Å²) in [5.74, 6) is -1.43. The lowest BCUT2D eigenvalue weighted by Crippen LogP contribution is -2.29. The van der Waals surface area contributed by atoms with Gasteiger partial charge in [-0.3, -0.25) is 24.7 Å². The van der Waals surface area contributed by atoms with Crippen molar-refractivity contribution in [3.63, 3.8) is 0 Å². The van der Waals surface area contributed by atoms with Crippen LogP contribution >= 0.6 is 0 Å². The van der Waals surface area contributed by atoms with E-state index in [4.69, 9.17) is 4.74 Å². The summed E-state index contributed by atoms with van der Waals surface area (Å²) in [5, 5.41) is 22.6. The van der Waals surface area contributed by atoms with Crippen molar-refractivity contribution >= 4 is 23.1 Å². The van der Waals surface area contributed by atoms with Crippen molar-refractivity contribution in [3.8, 4) is 5.75 Å². The Morgan fingerprint density at radius 3 is 2.57 bits per heavy atom. The number of nitrogens with zero attached hydrogens (tertiary/aromatic N) is 3. The monoisotopic (exact) mass is 473 g/mol. The smallest absolute Gasteiger partial charge is 0.295 e. The molecule has 0 bridgehead atoms. The number of ketones is 1. The molecule has 1 aromatic heterocycles. The van der Waals surface area contributed by atoms with Crippen LogP contribution in [0.25, 0.3) is 5.76 Å². The third kappa shape index (κ3) is 4.89. The van der Waals surface area contributed by atoms with Gasteiger partial charge in [0.1, 0.15) is 11.5 Å². The van der Waals surface area contributed by atoms with Crippen LogP contribution in [0, 0.1) is 10.1 Å². The fourth-order valence-corrected chi connectivity index (χ4v) is 3.97. The number of hydrogen-bond acceptors (Lipinski definition) is 7. The summed E-state index contributed by atoms with van der Waals surface area (Å²) in [7, 11) is 0. The lowest BCUT2D eigenvalue weighted by molar-refractivity contribution is -0.384. The lowest BCUT2D eigenvalue weighted by atomic mass is 9.95. The average molecular weight is 473 g/mol. The molecular weight excluding hydrogens is 450 g/mol. The third-order valence-corrected chi connectivity index (χ3v) is 5.61. The first-order valence-corrected chi connectivity index (χ1v) is 11.1. The zero-order valence-electron chi connectivity index (χ0n) is 19.0. The Labute approximate surface area is 201 Å². The third-order valence-electron chi connectivity index (χ3n) is 5.61. The minimum Gasteiger partial charge on any atom is -0.507 e. The number of rotatable bonds is 8. The highest BCUT2D eigenvalue weighted by Gasteiger charge is 2.46. The summed E-state index contributed by atoms with van der Waals surface area (Å²) in [5.41, 5.74) is 1.01. The van der Waals surface area contributed by atoms with E-state index in [2.05, 4.69) is 4.98 Å². The van der Waals surface area contributed by atoms with Crippen LogP contribution in [-0.4, -0.2) is 38.2 Å². The van der Waals surface area contributed by atoms with E-state index in [-0.39, 0.29) is 23.6 Å². The van der Waals surface area contributed by atoms with Gasteiger partial charge in [-0.1, -0.05) is 25.1 Å². The van der Waals surface area contributed by atoms with Gasteiger partial charge in [-0.05, 0) is 47.9 Å². The van der Waals surface area contributed by atoms with Crippen molar-refractivity contribution in [1.82, 2.24) is 9.88 Å². The molecule has 0 saturated carbocycles. The topological polar surface area (TPSA) is 123 Å². The highest BCUT2D eigenvalue weighted by atomic mass is 16.6. The summed E-state index contributed by atoms with van der Waals surface area (Å²) < 4.78 is 5.57. The Bertz CT molecular complexity index is 1290. The van der Waals surface area contributed by atoms with E-state index < -0.39 is 22.7 Å². The van der Waals surface area contributed by atoms with Crippen LogP contribution < -0.4 is 4.74 Å². The molecule has 1 amide bonds. The predicted octanol–water partition coefficient (Wildman–Crippen LogP) is 4.40. The normalized spacial score (nSPS) is 16.9. The van der Waals surface area contributed by atoms with Gasteiger partial charge in [0, 0.05) is 36.6 Å². The van der Waals surface area contributed by atoms with Crippen LogP contribution in [0.4, 0.5) is 5.69 Å². The van der Waals surface area contributed by atoms with Crippen molar-refractivity contribution in [1.29, 1.82) is 0 Å². The van der Waals surface area contributed by atoms with Crippen molar-refractivity contribution < 1.29 is 24.4 Å². The summed E-state index contributed by atoms with van der Waals surface area (Å²) in [6, 6.07) is 14.7. The number of aromatic nitrogens is 1. The molecular formula is C26H23N3O6. The van der Waals surface area contributed by atoms with Crippen molar-refractivity contribution in [3.05, 3.63) is 105 Å². The number of pyridine rings is 1. The maximum atomic E-state index is 13.1. The molecule has 178 valence electrons. The molecule has 35 heavy (non-hydrogen) atoms. The zero-order chi connectivity index (χ0) is 24.9. The molecule has 1 saturated heterocycles. The number of aliphatic hydroxyl groups excluding tert-OH is 1. The second-order valence-electron chi connectivity index (χ2n) is 8.01. The van der Waals surface area contributed by atoms with Crippen LogP contribution in [0.5, 0.6) is 5.75 Å². The molecule has 1 N–H and O–H groups in total. The van der Waals surface area contributed by atoms with Gasteiger partial charge < -0.3 is 14.7 Å². The number of non-ortho nitro benzene ring substituents is 1. The van der Waals surface area contributed by atoms with Gasteiger partial charge in [-0.25, -0.2) is 0 Å². The Morgan fingerprint density at radius 2 is 1.91 bits per heavy atom. The highest BCUT2D eigenvalue weighted by molar-refractivity contribution is 6.46. The SMILES string of the molecule is CCCOc1ccc(C(O)=C2C(=O)C(=O)N(Cc3cccnc3)[C@H]2c2cccc([N+](=O)[O-])c2)cc1. The molecule has 1 aliphatic rings. The van der Waals surface area contributed by atoms with Gasteiger partial charge in [-0.2, -0.15) is 0 Å². The van der Waals surface area contributed by atoms with Crippen molar-refractivity contribution in [2.45, 2.75) is 25.9 Å². The number of carbonyl (C=O) groups is 2. The number of benzene rings is 2. The summed E-state index contributed by atoms with van der Waals surface area (Å²) >= 11 is 0. The Hall–Kier alpha value is -4.53.